The molecule has 0 saturated carbocycles. The van der Waals surface area contributed by atoms with Crippen molar-refractivity contribution in [2.45, 2.75) is 52.0 Å². The summed E-state index contributed by atoms with van der Waals surface area (Å²) in [5, 5.41) is 12.7. The maximum absolute atomic E-state index is 12.5. The first-order valence-corrected chi connectivity index (χ1v) is 11.2. The van der Waals surface area contributed by atoms with Gasteiger partial charge in [0.05, 0.1) is 0 Å². The molecular formula is C26H29NO6. The van der Waals surface area contributed by atoms with Gasteiger partial charge in [-0.1, -0.05) is 56.5 Å². The molecule has 174 valence electrons. The molecule has 0 aliphatic rings. The molecule has 7 nitrogen and oxygen atoms in total. The largest absolute Gasteiger partial charge is 0.484 e. The average Bonchev–Trinajstić information content (AvgIpc) is 2.80. The number of rotatable bonds is 11. The molecule has 7 heteroatoms. The van der Waals surface area contributed by atoms with Crippen LogP contribution in [0.25, 0.3) is 11.0 Å². The monoisotopic (exact) mass is 451 g/mol. The number of carboxylic acid groups (broad SMARTS) is 1. The number of carbonyl (C=O) groups excluding carboxylic acids is 1. The average molecular weight is 452 g/mol. The fraction of sp³-hybridized carbons (Fsp3) is 0.346. The fourth-order valence-electron chi connectivity index (χ4n) is 3.77. The topological polar surface area (TPSA) is 106 Å². The van der Waals surface area contributed by atoms with Gasteiger partial charge in [0.2, 0.25) is 0 Å². The summed E-state index contributed by atoms with van der Waals surface area (Å²) < 4.78 is 11.0. The van der Waals surface area contributed by atoms with Crippen molar-refractivity contribution >= 4 is 22.8 Å². The van der Waals surface area contributed by atoms with Gasteiger partial charge in [-0.3, -0.25) is 4.79 Å². The molecule has 1 heterocycles. The van der Waals surface area contributed by atoms with Gasteiger partial charge >= 0.3 is 11.6 Å². The maximum Gasteiger partial charge on any atom is 0.339 e. The molecule has 0 unspecified atom stereocenters. The zero-order chi connectivity index (χ0) is 23.8. The predicted octanol–water partition coefficient (Wildman–Crippen LogP) is 4.55. The highest BCUT2D eigenvalue weighted by atomic mass is 16.5. The third kappa shape index (κ3) is 6.22. The molecule has 1 amide bonds. The lowest BCUT2D eigenvalue weighted by molar-refractivity contribution is -0.142. The van der Waals surface area contributed by atoms with Crippen LogP contribution in [0.1, 0.15) is 55.3 Å². The van der Waals surface area contributed by atoms with Crippen LogP contribution >= 0.6 is 0 Å². The molecule has 2 N–H and O–H groups in total. The molecule has 0 aliphatic heterocycles. The van der Waals surface area contributed by atoms with Gasteiger partial charge in [0.15, 0.2) is 12.6 Å². The summed E-state index contributed by atoms with van der Waals surface area (Å²) >= 11 is 0. The number of carbonyl (C=O) groups is 2. The minimum Gasteiger partial charge on any atom is -0.484 e. The van der Waals surface area contributed by atoms with Gasteiger partial charge in [-0.05, 0) is 43.0 Å². The van der Waals surface area contributed by atoms with Gasteiger partial charge in [-0.15, -0.1) is 0 Å². The number of unbranched alkanes of at least 4 members (excludes halogenated alkanes) is 3. The van der Waals surface area contributed by atoms with Crippen LogP contribution in [-0.2, 0) is 16.0 Å². The minimum absolute atomic E-state index is 0.349. The molecule has 0 saturated heterocycles. The van der Waals surface area contributed by atoms with E-state index in [1.807, 2.05) is 6.92 Å². The summed E-state index contributed by atoms with van der Waals surface area (Å²) in [5.41, 5.74) is 2.10. The molecular weight excluding hydrogens is 422 g/mol. The maximum atomic E-state index is 12.5. The Bertz CT molecular complexity index is 1170. The lowest BCUT2D eigenvalue weighted by atomic mass is 10.0. The summed E-state index contributed by atoms with van der Waals surface area (Å²) in [4.78, 5) is 36.3. The molecule has 0 aliphatic carbocycles. The van der Waals surface area contributed by atoms with Crippen molar-refractivity contribution in [3.63, 3.8) is 0 Å². The van der Waals surface area contributed by atoms with Crippen molar-refractivity contribution in [3.8, 4) is 5.75 Å². The zero-order valence-electron chi connectivity index (χ0n) is 18.9. The van der Waals surface area contributed by atoms with E-state index >= 15 is 0 Å². The van der Waals surface area contributed by atoms with Crippen LogP contribution < -0.4 is 15.7 Å². The molecule has 33 heavy (non-hydrogen) atoms. The van der Waals surface area contributed by atoms with Crippen molar-refractivity contribution in [2.24, 2.45) is 0 Å². The van der Waals surface area contributed by atoms with Gasteiger partial charge < -0.3 is 19.6 Å². The van der Waals surface area contributed by atoms with E-state index in [-0.39, 0.29) is 12.2 Å². The van der Waals surface area contributed by atoms with Crippen LogP contribution in [-0.4, -0.2) is 23.6 Å². The van der Waals surface area contributed by atoms with E-state index in [0.29, 0.717) is 28.9 Å². The second-order valence-electron chi connectivity index (χ2n) is 8.00. The number of fused-ring (bicyclic) bond motifs is 1. The highest BCUT2D eigenvalue weighted by Crippen LogP contribution is 2.25. The highest BCUT2D eigenvalue weighted by molar-refractivity contribution is 5.86. The van der Waals surface area contributed by atoms with E-state index in [0.717, 1.165) is 36.6 Å². The van der Waals surface area contributed by atoms with E-state index in [2.05, 4.69) is 12.2 Å². The van der Waals surface area contributed by atoms with Crippen molar-refractivity contribution in [1.82, 2.24) is 5.32 Å². The molecule has 0 radical (unpaired) electrons. The lowest BCUT2D eigenvalue weighted by Crippen LogP contribution is -2.36. The van der Waals surface area contributed by atoms with Crippen molar-refractivity contribution in [3.05, 3.63) is 75.6 Å². The Morgan fingerprint density at radius 1 is 1.09 bits per heavy atom. The molecule has 3 aromatic rings. The molecule has 1 aromatic heterocycles. The number of hydrogen-bond acceptors (Lipinski definition) is 5. The normalized spacial score (nSPS) is 11.8. The summed E-state index contributed by atoms with van der Waals surface area (Å²) in [7, 11) is 0. The number of amides is 1. The van der Waals surface area contributed by atoms with E-state index in [4.69, 9.17) is 9.15 Å². The lowest BCUT2D eigenvalue weighted by Gasteiger charge is -2.15. The van der Waals surface area contributed by atoms with Gasteiger partial charge in [0.1, 0.15) is 11.3 Å². The molecule has 2 aromatic carbocycles. The Hall–Kier alpha value is -3.61. The third-order valence-corrected chi connectivity index (χ3v) is 5.59. The Balaban J connectivity index is 1.67. The predicted molar refractivity (Wildman–Crippen MR) is 126 cm³/mol. The van der Waals surface area contributed by atoms with Gasteiger partial charge in [-0.25, -0.2) is 9.59 Å². The fourth-order valence-corrected chi connectivity index (χ4v) is 3.77. The van der Waals surface area contributed by atoms with Crippen molar-refractivity contribution in [1.29, 1.82) is 0 Å². The van der Waals surface area contributed by atoms with Gasteiger partial charge in [0, 0.05) is 17.0 Å². The summed E-state index contributed by atoms with van der Waals surface area (Å²) in [5.74, 6) is -1.39. The van der Waals surface area contributed by atoms with Gasteiger partial charge in [-0.2, -0.15) is 0 Å². The summed E-state index contributed by atoms with van der Waals surface area (Å²) in [6.07, 6.45) is 4.99. The molecule has 0 spiro atoms. The van der Waals surface area contributed by atoms with Crippen molar-refractivity contribution in [2.75, 3.05) is 6.61 Å². The minimum atomic E-state index is -1.17. The Morgan fingerprint density at radius 2 is 1.85 bits per heavy atom. The summed E-state index contributed by atoms with van der Waals surface area (Å²) in [6.45, 7) is 3.69. The standard InChI is InChI=1S/C26H29NO6/c1-3-4-5-9-12-21-17(2)20-14-13-19(15-22(20)33-26(21)31)32-16-23(28)27-24(25(29)30)18-10-7-6-8-11-18/h6-8,10-11,13-15,24H,3-5,9,12,16H2,1-2H3,(H,27,28)(H,29,30)/t24-/m1/s1. The first kappa shape index (κ1) is 24.0. The Labute approximate surface area is 192 Å². The van der Waals surface area contributed by atoms with E-state index in [1.165, 1.54) is 0 Å². The van der Waals surface area contributed by atoms with Crippen molar-refractivity contribution < 1.29 is 23.8 Å². The second kappa shape index (κ2) is 11.3. The number of ether oxygens (including phenoxy) is 1. The van der Waals surface area contributed by atoms with Gasteiger partial charge in [0.25, 0.3) is 5.91 Å². The van der Waals surface area contributed by atoms with Crippen LogP contribution in [0, 0.1) is 6.92 Å². The van der Waals surface area contributed by atoms with Crippen LogP contribution in [0.5, 0.6) is 5.75 Å². The van der Waals surface area contributed by atoms with Crippen LogP contribution in [0.2, 0.25) is 0 Å². The van der Waals surface area contributed by atoms with Crippen LogP contribution in [0.15, 0.2) is 57.7 Å². The molecule has 3 rings (SSSR count). The molecule has 0 fully saturated rings. The number of aliphatic carboxylic acids is 1. The highest BCUT2D eigenvalue weighted by Gasteiger charge is 2.22. The number of benzene rings is 2. The number of aryl methyl sites for hydroxylation is 1. The van der Waals surface area contributed by atoms with E-state index < -0.39 is 17.9 Å². The smallest absolute Gasteiger partial charge is 0.339 e. The number of carboxylic acids is 1. The van der Waals surface area contributed by atoms with E-state index in [1.54, 1.807) is 48.5 Å². The first-order chi connectivity index (χ1) is 15.9. The number of nitrogens with one attached hydrogen (secondary N) is 1. The number of hydrogen-bond donors (Lipinski definition) is 2. The second-order valence-corrected chi connectivity index (χ2v) is 8.00. The van der Waals surface area contributed by atoms with Crippen LogP contribution in [0.3, 0.4) is 0 Å². The third-order valence-electron chi connectivity index (χ3n) is 5.59. The summed E-state index contributed by atoms with van der Waals surface area (Å²) in [6, 6.07) is 12.3. The SMILES string of the molecule is CCCCCCc1c(C)c2ccc(OCC(=O)N[C@@H](C(=O)O)c3ccccc3)cc2oc1=O. The Kier molecular flexibility index (Phi) is 8.24. The molecule has 1 atom stereocenters. The van der Waals surface area contributed by atoms with Crippen LogP contribution in [0.4, 0.5) is 0 Å². The quantitative estimate of drug-likeness (QED) is 0.327. The zero-order valence-corrected chi connectivity index (χ0v) is 18.9. The Morgan fingerprint density at radius 3 is 2.55 bits per heavy atom. The van der Waals surface area contributed by atoms with E-state index in [9.17, 15) is 19.5 Å². The molecule has 0 bridgehead atoms. The first-order valence-electron chi connectivity index (χ1n) is 11.2.